The molecule has 2 rings (SSSR count). The predicted octanol–water partition coefficient (Wildman–Crippen LogP) is 2.94. The lowest BCUT2D eigenvalue weighted by Gasteiger charge is -2.20. The number of aliphatic carboxylic acids is 1. The zero-order valence-electron chi connectivity index (χ0n) is 14.0. The van der Waals surface area contributed by atoms with E-state index in [1.54, 1.807) is 36.4 Å². The molecule has 1 N–H and O–H groups in total. The summed E-state index contributed by atoms with van der Waals surface area (Å²) in [5.74, 6) is -0.0489. The summed E-state index contributed by atoms with van der Waals surface area (Å²) in [6.07, 6.45) is 0. The highest BCUT2D eigenvalue weighted by atomic mass is 16.5. The minimum absolute atomic E-state index is 0.452. The first-order valence-corrected chi connectivity index (χ1v) is 7.22. The summed E-state index contributed by atoms with van der Waals surface area (Å²) in [4.78, 5) is 12.0. The predicted molar refractivity (Wildman–Crippen MR) is 88.6 cm³/mol. The topological polar surface area (TPSA) is 74.2 Å². The van der Waals surface area contributed by atoms with Gasteiger partial charge in [0.1, 0.15) is 28.9 Å². The van der Waals surface area contributed by atoms with E-state index in [4.69, 9.17) is 18.9 Å². The van der Waals surface area contributed by atoms with E-state index in [0.717, 1.165) is 0 Å². The van der Waals surface area contributed by atoms with Gasteiger partial charge in [0, 0.05) is 11.1 Å². The molecule has 0 radical (unpaired) electrons. The molecule has 0 bridgehead atoms. The van der Waals surface area contributed by atoms with E-state index in [1.807, 2.05) is 0 Å². The molecule has 0 saturated heterocycles. The Morgan fingerprint density at radius 3 is 1.50 bits per heavy atom. The van der Waals surface area contributed by atoms with Crippen LogP contribution in [0, 0.1) is 0 Å². The first kappa shape index (κ1) is 17.5. The third-order valence-electron chi connectivity index (χ3n) is 3.74. The minimum Gasteiger partial charge on any atom is -0.497 e. The van der Waals surface area contributed by atoms with Crippen LogP contribution in [0.2, 0.25) is 0 Å². The van der Waals surface area contributed by atoms with Gasteiger partial charge in [-0.15, -0.1) is 0 Å². The Kier molecular flexibility index (Phi) is 5.52. The lowest BCUT2D eigenvalue weighted by atomic mass is 9.89. The van der Waals surface area contributed by atoms with Gasteiger partial charge < -0.3 is 24.1 Å². The van der Waals surface area contributed by atoms with E-state index in [1.165, 1.54) is 28.4 Å². The second kappa shape index (κ2) is 7.59. The number of benzene rings is 2. The van der Waals surface area contributed by atoms with Crippen molar-refractivity contribution in [2.75, 3.05) is 28.4 Å². The zero-order chi connectivity index (χ0) is 17.7. The average molecular weight is 332 g/mol. The van der Waals surface area contributed by atoms with Crippen LogP contribution in [0.1, 0.15) is 17.0 Å². The second-order valence-electron chi connectivity index (χ2n) is 4.99. The van der Waals surface area contributed by atoms with Crippen LogP contribution in [0.3, 0.4) is 0 Å². The van der Waals surface area contributed by atoms with E-state index in [-0.39, 0.29) is 0 Å². The van der Waals surface area contributed by atoms with Gasteiger partial charge in [0.2, 0.25) is 0 Å². The van der Waals surface area contributed by atoms with Crippen LogP contribution in [0.5, 0.6) is 23.0 Å². The molecule has 0 aliphatic heterocycles. The quantitative estimate of drug-likeness (QED) is 0.840. The van der Waals surface area contributed by atoms with E-state index >= 15 is 0 Å². The maximum absolute atomic E-state index is 12.0. The van der Waals surface area contributed by atoms with Gasteiger partial charge in [-0.05, 0) is 36.4 Å². The van der Waals surface area contributed by atoms with Crippen molar-refractivity contribution in [1.82, 2.24) is 0 Å². The molecule has 6 nitrogen and oxygen atoms in total. The maximum Gasteiger partial charge on any atom is 0.315 e. The monoisotopic (exact) mass is 332 g/mol. The van der Waals surface area contributed by atoms with E-state index in [0.29, 0.717) is 34.1 Å². The van der Waals surface area contributed by atoms with E-state index in [2.05, 4.69) is 0 Å². The largest absolute Gasteiger partial charge is 0.497 e. The fraction of sp³-hybridized carbons (Fsp3) is 0.278. The summed E-state index contributed by atoms with van der Waals surface area (Å²) in [7, 11) is 6.03. The molecule has 2 aromatic rings. The van der Waals surface area contributed by atoms with Crippen molar-refractivity contribution in [3.8, 4) is 23.0 Å². The Morgan fingerprint density at radius 1 is 0.792 bits per heavy atom. The number of hydrogen-bond acceptors (Lipinski definition) is 5. The van der Waals surface area contributed by atoms with E-state index in [9.17, 15) is 9.90 Å². The first-order valence-electron chi connectivity index (χ1n) is 7.22. The van der Waals surface area contributed by atoms with Gasteiger partial charge >= 0.3 is 5.97 Å². The SMILES string of the molecule is COc1ccc(OC)c(C(C(=O)O)c2cc(OC)ccc2OC)c1. The van der Waals surface area contributed by atoms with Crippen molar-refractivity contribution >= 4 is 5.97 Å². The van der Waals surface area contributed by atoms with Crippen LogP contribution in [0.15, 0.2) is 36.4 Å². The van der Waals surface area contributed by atoms with Crippen LogP contribution < -0.4 is 18.9 Å². The summed E-state index contributed by atoms with van der Waals surface area (Å²) in [5.41, 5.74) is 0.937. The Balaban J connectivity index is 2.69. The Bertz CT molecular complexity index is 670. The molecular formula is C18H20O6. The molecule has 0 saturated carbocycles. The van der Waals surface area contributed by atoms with Crippen molar-refractivity contribution in [3.63, 3.8) is 0 Å². The van der Waals surface area contributed by atoms with Crippen LogP contribution in [-0.4, -0.2) is 39.5 Å². The summed E-state index contributed by atoms with van der Waals surface area (Å²) in [6.45, 7) is 0. The molecule has 24 heavy (non-hydrogen) atoms. The Hall–Kier alpha value is -2.89. The van der Waals surface area contributed by atoms with Gasteiger partial charge in [0.25, 0.3) is 0 Å². The lowest BCUT2D eigenvalue weighted by Crippen LogP contribution is -2.15. The smallest absolute Gasteiger partial charge is 0.315 e. The maximum atomic E-state index is 12.0. The molecular weight excluding hydrogens is 312 g/mol. The third kappa shape index (κ3) is 3.37. The standard InChI is InChI=1S/C18H20O6/c1-21-11-5-7-15(23-3)13(9-11)17(18(19)20)14-10-12(22-2)6-8-16(14)24-4/h5-10,17H,1-4H3,(H,19,20). The molecule has 0 atom stereocenters. The normalized spacial score (nSPS) is 10.4. The molecule has 6 heteroatoms. The zero-order valence-corrected chi connectivity index (χ0v) is 14.0. The molecule has 128 valence electrons. The van der Waals surface area contributed by atoms with Crippen molar-refractivity contribution in [3.05, 3.63) is 47.5 Å². The van der Waals surface area contributed by atoms with Crippen molar-refractivity contribution < 1.29 is 28.8 Å². The van der Waals surface area contributed by atoms with Gasteiger partial charge in [0.05, 0.1) is 28.4 Å². The molecule has 0 amide bonds. The molecule has 0 aliphatic rings. The highest BCUT2D eigenvalue weighted by Gasteiger charge is 2.29. The van der Waals surface area contributed by atoms with Crippen LogP contribution >= 0.6 is 0 Å². The Labute approximate surface area is 140 Å². The number of methoxy groups -OCH3 is 4. The molecule has 0 spiro atoms. The van der Waals surface area contributed by atoms with Crippen LogP contribution in [0.25, 0.3) is 0 Å². The summed E-state index contributed by atoms with van der Waals surface area (Å²) in [6, 6.07) is 10.1. The highest BCUT2D eigenvalue weighted by Crippen LogP contribution is 2.40. The molecule has 0 fully saturated rings. The average Bonchev–Trinajstić information content (AvgIpc) is 2.61. The molecule has 0 aliphatic carbocycles. The molecule has 0 aromatic heterocycles. The number of carboxylic acid groups (broad SMARTS) is 1. The number of ether oxygens (including phenoxy) is 4. The number of carbonyl (C=O) groups is 1. The lowest BCUT2D eigenvalue weighted by molar-refractivity contribution is -0.137. The molecule has 0 heterocycles. The second-order valence-corrected chi connectivity index (χ2v) is 4.99. The first-order chi connectivity index (χ1) is 11.5. The molecule has 2 aromatic carbocycles. The van der Waals surface area contributed by atoms with Crippen LogP contribution in [-0.2, 0) is 4.79 Å². The van der Waals surface area contributed by atoms with Gasteiger partial charge in [-0.1, -0.05) is 0 Å². The fourth-order valence-electron chi connectivity index (χ4n) is 2.56. The van der Waals surface area contributed by atoms with Crippen LogP contribution in [0.4, 0.5) is 0 Å². The number of hydrogen-bond donors (Lipinski definition) is 1. The van der Waals surface area contributed by atoms with Crippen molar-refractivity contribution in [2.45, 2.75) is 5.92 Å². The summed E-state index contributed by atoms with van der Waals surface area (Å²) < 4.78 is 21.1. The van der Waals surface area contributed by atoms with Gasteiger partial charge in [-0.25, -0.2) is 0 Å². The van der Waals surface area contributed by atoms with E-state index < -0.39 is 11.9 Å². The summed E-state index contributed by atoms with van der Waals surface area (Å²) >= 11 is 0. The third-order valence-corrected chi connectivity index (χ3v) is 3.74. The Morgan fingerprint density at radius 2 is 1.21 bits per heavy atom. The fourth-order valence-corrected chi connectivity index (χ4v) is 2.56. The summed E-state index contributed by atoms with van der Waals surface area (Å²) in [5, 5.41) is 9.85. The van der Waals surface area contributed by atoms with Gasteiger partial charge in [-0.3, -0.25) is 4.79 Å². The van der Waals surface area contributed by atoms with Crippen molar-refractivity contribution in [1.29, 1.82) is 0 Å². The van der Waals surface area contributed by atoms with Gasteiger partial charge in [0.15, 0.2) is 0 Å². The van der Waals surface area contributed by atoms with Crippen molar-refractivity contribution in [2.24, 2.45) is 0 Å². The minimum atomic E-state index is -1.03. The number of rotatable bonds is 7. The molecule has 0 unspecified atom stereocenters. The highest BCUT2D eigenvalue weighted by molar-refractivity contribution is 5.83. The number of carboxylic acids is 1. The van der Waals surface area contributed by atoms with Gasteiger partial charge in [-0.2, -0.15) is 0 Å².